The van der Waals surface area contributed by atoms with Crippen molar-refractivity contribution in [3.05, 3.63) is 0 Å². The van der Waals surface area contributed by atoms with Crippen LogP contribution in [0.4, 0.5) is 0 Å². The molecule has 4 fully saturated rings. The number of hydrogen-bond acceptors (Lipinski definition) is 0. The Morgan fingerprint density at radius 2 is 1.35 bits per heavy atom. The highest BCUT2D eigenvalue weighted by Crippen LogP contribution is 2.77. The van der Waals surface area contributed by atoms with E-state index in [0.717, 1.165) is 28.6 Å². The maximum atomic E-state index is 2.68. The Morgan fingerprint density at radius 3 is 2.00 bits per heavy atom. The first kappa shape index (κ1) is 13.6. The third-order valence-electron chi connectivity index (χ3n) is 8.16. The monoisotopic (exact) mass is 274 g/mol. The topological polar surface area (TPSA) is 0 Å². The van der Waals surface area contributed by atoms with Crippen molar-refractivity contribution < 1.29 is 0 Å². The normalized spacial score (nSPS) is 47.0. The van der Waals surface area contributed by atoms with Gasteiger partial charge in [0.1, 0.15) is 0 Å². The lowest BCUT2D eigenvalue weighted by Gasteiger charge is -2.43. The molecule has 0 spiro atoms. The fourth-order valence-electron chi connectivity index (χ4n) is 6.95. The van der Waals surface area contributed by atoms with Gasteiger partial charge in [-0.25, -0.2) is 0 Å². The van der Waals surface area contributed by atoms with Gasteiger partial charge in [0, 0.05) is 0 Å². The summed E-state index contributed by atoms with van der Waals surface area (Å²) in [4.78, 5) is 0. The Kier molecular flexibility index (Phi) is 3.43. The largest absolute Gasteiger partial charge is 0.0591 e. The second-order valence-electron chi connectivity index (χ2n) is 9.13. The molecule has 0 aromatic carbocycles. The lowest BCUT2D eigenvalue weighted by molar-refractivity contribution is 0.0744. The molecule has 3 atom stereocenters. The van der Waals surface area contributed by atoms with E-state index in [1.54, 1.807) is 51.4 Å². The summed E-state index contributed by atoms with van der Waals surface area (Å²) in [7, 11) is 0. The van der Waals surface area contributed by atoms with Crippen LogP contribution in [0.2, 0.25) is 0 Å². The van der Waals surface area contributed by atoms with E-state index in [9.17, 15) is 0 Å². The molecule has 0 nitrogen and oxygen atoms in total. The van der Waals surface area contributed by atoms with Gasteiger partial charge < -0.3 is 0 Å². The van der Waals surface area contributed by atoms with E-state index in [1.807, 2.05) is 0 Å². The molecule has 0 heterocycles. The highest BCUT2D eigenvalue weighted by molar-refractivity contribution is 5.17. The van der Waals surface area contributed by atoms with Crippen LogP contribution >= 0.6 is 0 Å². The van der Waals surface area contributed by atoms with Crippen molar-refractivity contribution in [1.29, 1.82) is 0 Å². The highest BCUT2D eigenvalue weighted by Gasteiger charge is 2.68. The highest BCUT2D eigenvalue weighted by atomic mass is 14.7. The Bertz CT molecular complexity index is 347. The van der Waals surface area contributed by atoms with Crippen LogP contribution in [0.1, 0.15) is 96.8 Å². The van der Waals surface area contributed by atoms with Crippen molar-refractivity contribution in [3.8, 4) is 0 Å². The molecule has 4 aliphatic carbocycles. The fourth-order valence-corrected chi connectivity index (χ4v) is 6.95. The minimum absolute atomic E-state index is 0.773. The molecule has 0 radical (unpaired) electrons. The second kappa shape index (κ2) is 5.03. The smallest absolute Gasteiger partial charge is 0.0210 e. The summed E-state index contributed by atoms with van der Waals surface area (Å²) >= 11 is 0. The van der Waals surface area contributed by atoms with Crippen molar-refractivity contribution in [2.45, 2.75) is 96.8 Å². The van der Waals surface area contributed by atoms with Crippen LogP contribution < -0.4 is 0 Å². The minimum atomic E-state index is 0.773. The third kappa shape index (κ3) is 2.08. The first-order valence-electron chi connectivity index (χ1n) is 9.74. The maximum Gasteiger partial charge on any atom is -0.0210 e. The molecule has 0 bridgehead atoms. The van der Waals surface area contributed by atoms with Gasteiger partial charge in [-0.2, -0.15) is 0 Å². The summed E-state index contributed by atoms with van der Waals surface area (Å²) in [5, 5.41) is 0. The Labute approximate surface area is 126 Å². The summed E-state index contributed by atoms with van der Waals surface area (Å²) in [6, 6.07) is 0. The Hall–Kier alpha value is 0. The van der Waals surface area contributed by atoms with Gasteiger partial charge in [-0.3, -0.25) is 0 Å². The molecule has 0 saturated heterocycles. The van der Waals surface area contributed by atoms with E-state index < -0.39 is 0 Å². The van der Waals surface area contributed by atoms with Gasteiger partial charge in [0.25, 0.3) is 0 Å². The Morgan fingerprint density at radius 1 is 0.700 bits per heavy atom. The quantitative estimate of drug-likeness (QED) is 0.551. The van der Waals surface area contributed by atoms with Gasteiger partial charge in [-0.05, 0) is 67.1 Å². The molecule has 4 saturated carbocycles. The van der Waals surface area contributed by atoms with Crippen LogP contribution in [-0.4, -0.2) is 0 Å². The van der Waals surface area contributed by atoms with Gasteiger partial charge in [0.2, 0.25) is 0 Å². The zero-order chi connectivity index (χ0) is 13.6. The molecule has 3 unspecified atom stereocenters. The van der Waals surface area contributed by atoms with Crippen molar-refractivity contribution in [1.82, 2.24) is 0 Å². The second-order valence-corrected chi connectivity index (χ2v) is 9.13. The predicted molar refractivity (Wildman–Crippen MR) is 85.6 cm³/mol. The van der Waals surface area contributed by atoms with Gasteiger partial charge in [0.15, 0.2) is 0 Å². The number of fused-ring (bicyclic) bond motifs is 1. The summed E-state index contributed by atoms with van der Waals surface area (Å²) in [5.74, 6) is 3.35. The molecule has 114 valence electrons. The van der Waals surface area contributed by atoms with E-state index in [1.165, 1.54) is 38.5 Å². The van der Waals surface area contributed by atoms with Crippen LogP contribution in [0.15, 0.2) is 0 Å². The Balaban J connectivity index is 1.42. The molecular weight excluding hydrogens is 240 g/mol. The average Bonchev–Trinajstić information content (AvgIpc) is 3.15. The fraction of sp³-hybridized carbons (Fsp3) is 1.00. The lowest BCUT2D eigenvalue weighted by Crippen LogP contribution is -2.33. The summed E-state index contributed by atoms with van der Waals surface area (Å²) in [6.07, 6.45) is 21.9. The zero-order valence-electron chi connectivity index (χ0n) is 13.6. The standard InChI is InChI=1S/C20H34/c1-19-14-17(16-8-4-2-5-9-16)12-13-20(19,15-19)18-10-6-3-7-11-18/h16-18H,2-15H2,1H3. The van der Waals surface area contributed by atoms with Crippen molar-refractivity contribution in [2.75, 3.05) is 0 Å². The predicted octanol–water partition coefficient (Wildman–Crippen LogP) is 6.34. The van der Waals surface area contributed by atoms with E-state index in [4.69, 9.17) is 0 Å². The van der Waals surface area contributed by atoms with Gasteiger partial charge in [0.05, 0.1) is 0 Å². The third-order valence-corrected chi connectivity index (χ3v) is 8.16. The molecule has 0 heteroatoms. The lowest BCUT2D eigenvalue weighted by atomic mass is 9.62. The van der Waals surface area contributed by atoms with E-state index in [-0.39, 0.29) is 0 Å². The van der Waals surface area contributed by atoms with Crippen LogP contribution in [0.25, 0.3) is 0 Å². The minimum Gasteiger partial charge on any atom is -0.0591 e. The van der Waals surface area contributed by atoms with Crippen molar-refractivity contribution in [2.24, 2.45) is 28.6 Å². The molecule has 0 aromatic heterocycles. The molecule has 4 rings (SSSR count). The van der Waals surface area contributed by atoms with E-state index in [2.05, 4.69) is 6.92 Å². The van der Waals surface area contributed by atoms with E-state index in [0.29, 0.717) is 0 Å². The van der Waals surface area contributed by atoms with E-state index >= 15 is 0 Å². The molecule has 0 aromatic rings. The van der Waals surface area contributed by atoms with Crippen molar-refractivity contribution >= 4 is 0 Å². The van der Waals surface area contributed by atoms with Crippen LogP contribution in [-0.2, 0) is 0 Å². The molecule has 0 N–H and O–H groups in total. The first-order valence-corrected chi connectivity index (χ1v) is 9.74. The summed E-state index contributed by atoms with van der Waals surface area (Å²) in [5.41, 5.74) is 1.61. The average molecular weight is 274 g/mol. The van der Waals surface area contributed by atoms with Crippen LogP contribution in [0.3, 0.4) is 0 Å². The SMILES string of the molecule is CC12CC(C3CCCCC3)CCC1(C1CCCCC1)C2. The summed E-state index contributed by atoms with van der Waals surface area (Å²) in [6.45, 7) is 2.68. The van der Waals surface area contributed by atoms with Gasteiger partial charge in [-0.15, -0.1) is 0 Å². The number of rotatable bonds is 2. The molecule has 0 amide bonds. The maximum absolute atomic E-state index is 2.68. The number of hydrogen-bond donors (Lipinski definition) is 0. The van der Waals surface area contributed by atoms with Crippen molar-refractivity contribution in [3.63, 3.8) is 0 Å². The zero-order valence-corrected chi connectivity index (χ0v) is 13.6. The molecule has 0 aliphatic heterocycles. The molecule has 20 heavy (non-hydrogen) atoms. The summed E-state index contributed by atoms with van der Waals surface area (Å²) < 4.78 is 0. The van der Waals surface area contributed by atoms with Gasteiger partial charge in [-0.1, -0.05) is 58.3 Å². The molecular formula is C20H34. The van der Waals surface area contributed by atoms with Crippen LogP contribution in [0, 0.1) is 28.6 Å². The van der Waals surface area contributed by atoms with Gasteiger partial charge >= 0.3 is 0 Å². The molecule has 4 aliphatic rings. The first-order chi connectivity index (χ1) is 9.74. The van der Waals surface area contributed by atoms with Crippen LogP contribution in [0.5, 0.6) is 0 Å².